The number of carbonyl (C=O) groups is 1. The molecule has 1 aromatic heterocycles. The molecule has 1 saturated heterocycles. The molecule has 6 heteroatoms. The van der Waals surface area contributed by atoms with Crippen molar-refractivity contribution >= 4 is 5.91 Å². The van der Waals surface area contributed by atoms with Crippen LogP contribution in [0.15, 0.2) is 36.7 Å². The minimum Gasteiger partial charge on any atom is -0.346 e. The number of rotatable bonds is 4. The number of nitrogens with one attached hydrogen (secondary N) is 1. The number of halogens is 1. The van der Waals surface area contributed by atoms with Crippen molar-refractivity contribution in [1.82, 2.24) is 20.2 Å². The van der Waals surface area contributed by atoms with Crippen LogP contribution in [-0.2, 0) is 6.54 Å². The second kappa shape index (κ2) is 7.49. The van der Waals surface area contributed by atoms with Gasteiger partial charge in [0.15, 0.2) is 0 Å². The molecular weight excluding hydrogens is 307 g/mol. The standard InChI is InChI=1S/C18H21FN4O/c1-23-8-4-6-14(12-23)16-10-20-11-17(22-16)18(24)21-9-13-5-2-3-7-15(13)19/h2-3,5,7,10-11,14H,4,6,8-9,12H2,1H3,(H,21,24). The van der Waals surface area contributed by atoms with Crippen LogP contribution in [-0.4, -0.2) is 40.9 Å². The van der Waals surface area contributed by atoms with E-state index in [0.717, 1.165) is 31.6 Å². The molecule has 0 aliphatic carbocycles. The highest BCUT2D eigenvalue weighted by molar-refractivity contribution is 5.91. The van der Waals surface area contributed by atoms with Gasteiger partial charge in [-0.15, -0.1) is 0 Å². The summed E-state index contributed by atoms with van der Waals surface area (Å²) in [5.41, 5.74) is 1.57. The average molecular weight is 328 g/mol. The first kappa shape index (κ1) is 16.5. The van der Waals surface area contributed by atoms with Crippen LogP contribution in [0.3, 0.4) is 0 Å². The molecule has 3 rings (SSSR count). The van der Waals surface area contributed by atoms with Crippen LogP contribution in [0.5, 0.6) is 0 Å². The third-order valence-corrected chi connectivity index (χ3v) is 4.33. The minimum atomic E-state index is -0.336. The minimum absolute atomic E-state index is 0.129. The highest BCUT2D eigenvalue weighted by Gasteiger charge is 2.21. The first-order valence-electron chi connectivity index (χ1n) is 8.15. The Morgan fingerprint density at radius 3 is 3.00 bits per heavy atom. The molecule has 2 aromatic rings. The van der Waals surface area contributed by atoms with E-state index in [1.54, 1.807) is 24.4 Å². The summed E-state index contributed by atoms with van der Waals surface area (Å²) in [7, 11) is 2.09. The van der Waals surface area contributed by atoms with Crippen LogP contribution in [0.1, 0.15) is 40.5 Å². The molecule has 1 amide bonds. The molecule has 1 unspecified atom stereocenters. The summed E-state index contributed by atoms with van der Waals surface area (Å²) in [4.78, 5) is 23.2. The molecule has 1 atom stereocenters. The van der Waals surface area contributed by atoms with E-state index < -0.39 is 0 Å². The molecule has 1 aromatic carbocycles. The van der Waals surface area contributed by atoms with Crippen molar-refractivity contribution < 1.29 is 9.18 Å². The number of hydrogen-bond donors (Lipinski definition) is 1. The SMILES string of the molecule is CN1CCCC(c2cncc(C(=O)NCc3ccccc3F)n2)C1. The van der Waals surface area contributed by atoms with Crippen molar-refractivity contribution in [3.8, 4) is 0 Å². The van der Waals surface area contributed by atoms with E-state index in [-0.39, 0.29) is 24.0 Å². The van der Waals surface area contributed by atoms with E-state index >= 15 is 0 Å². The molecule has 0 spiro atoms. The van der Waals surface area contributed by atoms with E-state index in [1.165, 1.54) is 12.3 Å². The van der Waals surface area contributed by atoms with Crippen LogP contribution in [0.25, 0.3) is 0 Å². The van der Waals surface area contributed by atoms with E-state index in [2.05, 4.69) is 27.2 Å². The zero-order valence-corrected chi connectivity index (χ0v) is 13.7. The normalized spacial score (nSPS) is 18.3. The number of carbonyl (C=O) groups excluding carboxylic acids is 1. The fourth-order valence-electron chi connectivity index (χ4n) is 3.00. The van der Waals surface area contributed by atoms with Crippen molar-refractivity contribution in [2.75, 3.05) is 20.1 Å². The summed E-state index contributed by atoms with van der Waals surface area (Å²) in [6, 6.07) is 6.39. The average Bonchev–Trinajstić information content (AvgIpc) is 2.61. The molecule has 0 saturated carbocycles. The first-order chi connectivity index (χ1) is 11.6. The second-order valence-corrected chi connectivity index (χ2v) is 6.20. The van der Waals surface area contributed by atoms with Gasteiger partial charge in [-0.05, 0) is 32.5 Å². The van der Waals surface area contributed by atoms with Gasteiger partial charge in [-0.1, -0.05) is 18.2 Å². The summed E-state index contributed by atoms with van der Waals surface area (Å²) in [5, 5.41) is 2.70. The molecule has 1 N–H and O–H groups in total. The van der Waals surface area contributed by atoms with Crippen molar-refractivity contribution in [3.05, 3.63) is 59.4 Å². The van der Waals surface area contributed by atoms with Crippen LogP contribution in [0, 0.1) is 5.82 Å². The summed E-state index contributed by atoms with van der Waals surface area (Å²) in [6.07, 6.45) is 5.36. The Balaban J connectivity index is 1.67. The predicted molar refractivity (Wildman–Crippen MR) is 89.1 cm³/mol. The maximum Gasteiger partial charge on any atom is 0.271 e. The Hall–Kier alpha value is -2.34. The number of benzene rings is 1. The Labute approximate surface area is 140 Å². The van der Waals surface area contributed by atoms with E-state index in [0.29, 0.717) is 11.5 Å². The van der Waals surface area contributed by atoms with Gasteiger partial charge in [0, 0.05) is 30.8 Å². The molecular formula is C18H21FN4O. The first-order valence-corrected chi connectivity index (χ1v) is 8.15. The van der Waals surface area contributed by atoms with E-state index in [4.69, 9.17) is 0 Å². The predicted octanol–water partition coefficient (Wildman–Crippen LogP) is 2.35. The maximum atomic E-state index is 13.6. The van der Waals surface area contributed by atoms with Crippen molar-refractivity contribution in [1.29, 1.82) is 0 Å². The lowest BCUT2D eigenvalue weighted by molar-refractivity contribution is 0.0944. The third-order valence-electron chi connectivity index (χ3n) is 4.33. The molecule has 1 aliphatic heterocycles. The number of aromatic nitrogens is 2. The topological polar surface area (TPSA) is 58.1 Å². The van der Waals surface area contributed by atoms with Gasteiger partial charge in [0.1, 0.15) is 11.5 Å². The fraction of sp³-hybridized carbons (Fsp3) is 0.389. The Kier molecular flexibility index (Phi) is 5.15. The Morgan fingerprint density at radius 1 is 1.38 bits per heavy atom. The number of likely N-dealkylation sites (tertiary alicyclic amines) is 1. The lowest BCUT2D eigenvalue weighted by atomic mass is 9.95. The summed E-state index contributed by atoms with van der Waals surface area (Å²) in [6.45, 7) is 2.14. The van der Waals surface area contributed by atoms with Crippen LogP contribution in [0.2, 0.25) is 0 Å². The smallest absolute Gasteiger partial charge is 0.271 e. The van der Waals surface area contributed by atoms with Gasteiger partial charge in [-0.25, -0.2) is 9.37 Å². The molecule has 0 radical (unpaired) electrons. The second-order valence-electron chi connectivity index (χ2n) is 6.20. The molecule has 2 heterocycles. The van der Waals surface area contributed by atoms with Crippen LogP contribution < -0.4 is 5.32 Å². The number of nitrogens with zero attached hydrogens (tertiary/aromatic N) is 3. The molecule has 5 nitrogen and oxygen atoms in total. The molecule has 1 fully saturated rings. The van der Waals surface area contributed by atoms with E-state index in [1.807, 2.05) is 0 Å². The summed E-state index contributed by atoms with van der Waals surface area (Å²) >= 11 is 0. The Bertz CT molecular complexity index is 722. The fourth-order valence-corrected chi connectivity index (χ4v) is 3.00. The highest BCUT2D eigenvalue weighted by Crippen LogP contribution is 2.24. The zero-order chi connectivity index (χ0) is 16.9. The number of amides is 1. The van der Waals surface area contributed by atoms with Crippen LogP contribution in [0.4, 0.5) is 4.39 Å². The van der Waals surface area contributed by atoms with Gasteiger partial charge in [0.2, 0.25) is 0 Å². The number of piperidine rings is 1. The monoisotopic (exact) mass is 328 g/mol. The molecule has 24 heavy (non-hydrogen) atoms. The summed E-state index contributed by atoms with van der Waals surface area (Å²) < 4.78 is 13.6. The number of hydrogen-bond acceptors (Lipinski definition) is 4. The lowest BCUT2D eigenvalue weighted by Gasteiger charge is -2.29. The van der Waals surface area contributed by atoms with Crippen LogP contribution >= 0.6 is 0 Å². The van der Waals surface area contributed by atoms with Gasteiger partial charge in [0.25, 0.3) is 5.91 Å². The van der Waals surface area contributed by atoms with E-state index in [9.17, 15) is 9.18 Å². The van der Waals surface area contributed by atoms with Gasteiger partial charge >= 0.3 is 0 Å². The summed E-state index contributed by atoms with van der Waals surface area (Å²) in [5.74, 6) is -0.366. The maximum absolute atomic E-state index is 13.6. The largest absolute Gasteiger partial charge is 0.346 e. The van der Waals surface area contributed by atoms with Crippen molar-refractivity contribution in [3.63, 3.8) is 0 Å². The molecule has 1 aliphatic rings. The van der Waals surface area contributed by atoms with Crippen molar-refractivity contribution in [2.45, 2.75) is 25.3 Å². The lowest BCUT2D eigenvalue weighted by Crippen LogP contribution is -2.32. The quantitative estimate of drug-likeness (QED) is 0.936. The third kappa shape index (κ3) is 3.94. The number of likely N-dealkylation sites (N-methyl/N-ethyl adjacent to an activating group) is 1. The van der Waals surface area contributed by atoms with Gasteiger partial charge in [-0.3, -0.25) is 9.78 Å². The zero-order valence-electron chi connectivity index (χ0n) is 13.7. The van der Waals surface area contributed by atoms with Gasteiger partial charge in [-0.2, -0.15) is 0 Å². The Morgan fingerprint density at radius 2 is 2.21 bits per heavy atom. The van der Waals surface area contributed by atoms with Gasteiger partial charge < -0.3 is 10.2 Å². The highest BCUT2D eigenvalue weighted by atomic mass is 19.1. The van der Waals surface area contributed by atoms with Crippen molar-refractivity contribution in [2.24, 2.45) is 0 Å². The van der Waals surface area contributed by atoms with Gasteiger partial charge in [0.05, 0.1) is 11.9 Å². The molecule has 0 bridgehead atoms. The molecule has 126 valence electrons.